The predicted octanol–water partition coefficient (Wildman–Crippen LogP) is 5.24. The fraction of sp³-hybridized carbons (Fsp3) is 0.375. The van der Waals surface area contributed by atoms with Crippen LogP contribution >= 0.6 is 0 Å². The van der Waals surface area contributed by atoms with Crippen molar-refractivity contribution < 1.29 is 22.4 Å². The fourth-order valence-corrected chi connectivity index (χ4v) is 5.65. The molecule has 0 aliphatic rings. The summed E-state index contributed by atoms with van der Waals surface area (Å²) >= 11 is 0. The largest absolute Gasteiger partial charge is 0.352 e. The van der Waals surface area contributed by atoms with E-state index >= 15 is 0 Å². The molecule has 0 saturated heterocycles. The van der Waals surface area contributed by atoms with Crippen LogP contribution in [0.3, 0.4) is 0 Å². The molecular weight excluding hydrogens is 541 g/mol. The lowest BCUT2D eigenvalue weighted by Crippen LogP contribution is -2.52. The molecular formula is C32H40FN3O4S. The molecule has 0 fully saturated rings. The molecule has 2 unspecified atom stereocenters. The van der Waals surface area contributed by atoms with Gasteiger partial charge in [-0.3, -0.25) is 13.9 Å². The Kier molecular flexibility index (Phi) is 11.5. The maximum absolute atomic E-state index is 14.8. The van der Waals surface area contributed by atoms with Gasteiger partial charge >= 0.3 is 0 Å². The van der Waals surface area contributed by atoms with E-state index < -0.39 is 21.9 Å². The quantitative estimate of drug-likeness (QED) is 0.282. The predicted molar refractivity (Wildman–Crippen MR) is 161 cm³/mol. The van der Waals surface area contributed by atoms with Crippen molar-refractivity contribution in [1.29, 1.82) is 0 Å². The third-order valence-electron chi connectivity index (χ3n) is 7.11. The first-order valence-corrected chi connectivity index (χ1v) is 15.8. The van der Waals surface area contributed by atoms with Crippen molar-refractivity contribution >= 4 is 27.5 Å². The maximum atomic E-state index is 14.8. The number of rotatable bonds is 14. The number of carbonyl (C=O) groups is 2. The van der Waals surface area contributed by atoms with Crippen molar-refractivity contribution in [2.45, 2.75) is 65.1 Å². The second-order valence-electron chi connectivity index (χ2n) is 10.4. The molecule has 220 valence electrons. The first kappa shape index (κ1) is 31.8. The van der Waals surface area contributed by atoms with Gasteiger partial charge in [0.25, 0.3) is 0 Å². The number of sulfonamides is 1. The molecule has 3 aromatic carbocycles. The Balaban J connectivity index is 1.91. The van der Waals surface area contributed by atoms with Crippen LogP contribution in [0, 0.1) is 12.7 Å². The zero-order chi connectivity index (χ0) is 30.0. The molecule has 0 aliphatic heterocycles. The lowest BCUT2D eigenvalue weighted by Gasteiger charge is -2.33. The monoisotopic (exact) mass is 581 g/mol. The van der Waals surface area contributed by atoms with Gasteiger partial charge in [0.05, 0.1) is 11.9 Å². The summed E-state index contributed by atoms with van der Waals surface area (Å²) in [6.07, 6.45) is 2.31. The summed E-state index contributed by atoms with van der Waals surface area (Å²) in [5, 5.41) is 2.99. The molecule has 0 saturated carbocycles. The zero-order valence-corrected chi connectivity index (χ0v) is 25.0. The second-order valence-corrected chi connectivity index (χ2v) is 12.3. The molecule has 41 heavy (non-hydrogen) atoms. The van der Waals surface area contributed by atoms with Gasteiger partial charge in [-0.2, -0.15) is 0 Å². The van der Waals surface area contributed by atoms with Crippen LogP contribution in [0.1, 0.15) is 49.8 Å². The molecule has 3 rings (SSSR count). The van der Waals surface area contributed by atoms with Crippen LogP contribution in [0.25, 0.3) is 0 Å². The molecule has 9 heteroatoms. The number of halogens is 1. The van der Waals surface area contributed by atoms with Crippen LogP contribution in [0.15, 0.2) is 78.9 Å². The van der Waals surface area contributed by atoms with Crippen LogP contribution < -0.4 is 9.62 Å². The average molecular weight is 582 g/mol. The van der Waals surface area contributed by atoms with Gasteiger partial charge in [-0.05, 0) is 49.9 Å². The van der Waals surface area contributed by atoms with E-state index in [0.717, 1.165) is 17.4 Å². The van der Waals surface area contributed by atoms with Crippen LogP contribution in [-0.4, -0.2) is 50.0 Å². The lowest BCUT2D eigenvalue weighted by molar-refractivity contribution is -0.141. The highest BCUT2D eigenvalue weighted by Crippen LogP contribution is 2.23. The number of nitrogens with one attached hydrogen (secondary N) is 1. The summed E-state index contributed by atoms with van der Waals surface area (Å²) in [5.41, 5.74) is 2.52. The minimum atomic E-state index is -3.60. The molecule has 1 N–H and O–H groups in total. The highest BCUT2D eigenvalue weighted by Gasteiger charge is 2.31. The number of benzene rings is 3. The molecule has 0 heterocycles. The van der Waals surface area contributed by atoms with Crippen LogP contribution in [-0.2, 0) is 32.6 Å². The van der Waals surface area contributed by atoms with Crippen molar-refractivity contribution in [3.8, 4) is 0 Å². The summed E-state index contributed by atoms with van der Waals surface area (Å²) in [7, 11) is -3.60. The summed E-state index contributed by atoms with van der Waals surface area (Å²) in [6.45, 7) is 5.68. The van der Waals surface area contributed by atoms with Crippen molar-refractivity contribution in [3.63, 3.8) is 0 Å². The van der Waals surface area contributed by atoms with E-state index in [9.17, 15) is 22.4 Å². The van der Waals surface area contributed by atoms with E-state index in [4.69, 9.17) is 0 Å². The number of amides is 2. The fourth-order valence-electron chi connectivity index (χ4n) is 4.63. The van der Waals surface area contributed by atoms with E-state index in [0.29, 0.717) is 17.7 Å². The Morgan fingerprint density at radius 2 is 1.59 bits per heavy atom. The van der Waals surface area contributed by atoms with E-state index in [1.54, 1.807) is 30.3 Å². The van der Waals surface area contributed by atoms with Crippen LogP contribution in [0.5, 0.6) is 0 Å². The molecule has 0 aromatic heterocycles. The standard InChI is InChI=1S/C32H40FN3O4S/c1-5-25(3)34-32(38)30(22-26-15-7-6-8-16-26)35(23-27-17-10-11-18-28(27)33)31(37)20-13-21-36(41(4,39)40)29-19-12-9-14-24(29)2/h6-12,14-19,25,30H,5,13,20-23H2,1-4H3,(H,34,38). The van der Waals surface area contributed by atoms with Gasteiger partial charge in [0.15, 0.2) is 0 Å². The second kappa shape index (κ2) is 14.8. The molecule has 7 nitrogen and oxygen atoms in total. The van der Waals surface area contributed by atoms with Gasteiger partial charge < -0.3 is 10.2 Å². The number of hydrogen-bond acceptors (Lipinski definition) is 4. The molecule has 2 atom stereocenters. The van der Waals surface area contributed by atoms with Crippen molar-refractivity contribution in [3.05, 3.63) is 101 Å². The van der Waals surface area contributed by atoms with Gasteiger partial charge in [-0.15, -0.1) is 0 Å². The van der Waals surface area contributed by atoms with E-state index in [-0.39, 0.29) is 50.2 Å². The normalized spacial score (nSPS) is 12.8. The van der Waals surface area contributed by atoms with E-state index in [1.165, 1.54) is 15.3 Å². The minimum Gasteiger partial charge on any atom is -0.352 e. The zero-order valence-electron chi connectivity index (χ0n) is 24.2. The van der Waals surface area contributed by atoms with Gasteiger partial charge in [0, 0.05) is 37.5 Å². The number of para-hydroxylation sites is 1. The Labute approximate surface area is 243 Å². The Morgan fingerprint density at radius 1 is 0.951 bits per heavy atom. The maximum Gasteiger partial charge on any atom is 0.243 e. The molecule has 0 radical (unpaired) electrons. The minimum absolute atomic E-state index is 0.0196. The van der Waals surface area contributed by atoms with E-state index in [2.05, 4.69) is 5.32 Å². The number of nitrogens with zero attached hydrogens (tertiary/aromatic N) is 2. The third-order valence-corrected chi connectivity index (χ3v) is 8.29. The van der Waals surface area contributed by atoms with Crippen molar-refractivity contribution in [1.82, 2.24) is 10.2 Å². The molecule has 0 aliphatic carbocycles. The smallest absolute Gasteiger partial charge is 0.243 e. The number of hydrogen-bond donors (Lipinski definition) is 1. The van der Waals surface area contributed by atoms with Gasteiger partial charge in [-0.1, -0.05) is 73.7 Å². The molecule has 3 aromatic rings. The summed E-state index contributed by atoms with van der Waals surface area (Å²) in [6, 6.07) is 21.8. The number of anilines is 1. The topological polar surface area (TPSA) is 86.8 Å². The van der Waals surface area contributed by atoms with Crippen molar-refractivity contribution in [2.75, 3.05) is 17.1 Å². The number of carbonyl (C=O) groups excluding carboxylic acids is 2. The third kappa shape index (κ3) is 9.14. The lowest BCUT2D eigenvalue weighted by atomic mass is 10.0. The average Bonchev–Trinajstić information content (AvgIpc) is 2.94. The molecule has 0 spiro atoms. The first-order chi connectivity index (χ1) is 19.5. The first-order valence-electron chi connectivity index (χ1n) is 13.9. The Hall–Kier alpha value is -3.72. The van der Waals surface area contributed by atoms with Crippen LogP contribution in [0.2, 0.25) is 0 Å². The van der Waals surface area contributed by atoms with Gasteiger partial charge in [0.1, 0.15) is 11.9 Å². The Morgan fingerprint density at radius 3 is 2.22 bits per heavy atom. The summed E-state index contributed by atoms with van der Waals surface area (Å²) in [4.78, 5) is 28.9. The summed E-state index contributed by atoms with van der Waals surface area (Å²) < 4.78 is 41.4. The van der Waals surface area contributed by atoms with Gasteiger partial charge in [-0.25, -0.2) is 12.8 Å². The SMILES string of the molecule is CCC(C)NC(=O)C(Cc1ccccc1)N(Cc1ccccc1F)C(=O)CCCN(c1ccccc1C)S(C)(=O)=O. The number of aryl methyl sites for hydroxylation is 1. The Bertz CT molecular complexity index is 1420. The van der Waals surface area contributed by atoms with E-state index in [1.807, 2.05) is 63.2 Å². The van der Waals surface area contributed by atoms with Crippen LogP contribution in [0.4, 0.5) is 10.1 Å². The molecule has 0 bridgehead atoms. The summed E-state index contributed by atoms with van der Waals surface area (Å²) in [5.74, 6) is -1.13. The molecule has 2 amide bonds. The van der Waals surface area contributed by atoms with Crippen molar-refractivity contribution in [2.24, 2.45) is 0 Å². The van der Waals surface area contributed by atoms with Gasteiger partial charge in [0.2, 0.25) is 21.8 Å². The highest BCUT2D eigenvalue weighted by atomic mass is 32.2. The highest BCUT2D eigenvalue weighted by molar-refractivity contribution is 7.92.